The number of benzene rings is 1. The molecule has 1 saturated carbocycles. The van der Waals surface area contributed by atoms with Gasteiger partial charge in [-0.25, -0.2) is 9.38 Å². The number of hydrogen-bond donors (Lipinski definition) is 2. The van der Waals surface area contributed by atoms with E-state index in [-0.39, 0.29) is 30.5 Å². The first kappa shape index (κ1) is 25.8. The van der Waals surface area contributed by atoms with E-state index >= 15 is 0 Å². The Morgan fingerprint density at radius 3 is 2.59 bits per heavy atom. The number of carbonyl (C=O) groups is 3. The molecule has 2 N–H and O–H groups in total. The summed E-state index contributed by atoms with van der Waals surface area (Å²) < 4.78 is 20.6. The second-order valence-electron chi connectivity index (χ2n) is 11.2. The molecule has 4 heterocycles. The van der Waals surface area contributed by atoms with Crippen molar-refractivity contribution in [2.45, 2.75) is 63.7 Å². The zero-order chi connectivity index (χ0) is 27.1. The average molecular weight is 539 g/mol. The van der Waals surface area contributed by atoms with Gasteiger partial charge >= 0.3 is 0 Å². The van der Waals surface area contributed by atoms with Crippen LogP contribution in [0.5, 0.6) is 5.75 Å². The molecule has 0 radical (unpaired) electrons. The highest BCUT2D eigenvalue weighted by molar-refractivity contribution is 6.19. The quantitative estimate of drug-likeness (QED) is 0.406. The number of likely N-dealkylation sites (tertiary alicyclic amines) is 1. The van der Waals surface area contributed by atoms with Gasteiger partial charge in [0, 0.05) is 49.6 Å². The molecule has 0 aromatic heterocycles. The Morgan fingerprint density at radius 2 is 1.90 bits per heavy atom. The van der Waals surface area contributed by atoms with Crippen LogP contribution >= 0.6 is 0 Å². The molecule has 0 bridgehead atoms. The molecule has 1 aliphatic carbocycles. The number of aliphatic imine (C=N–C) groups is 1. The highest BCUT2D eigenvalue weighted by atomic mass is 19.1. The van der Waals surface area contributed by atoms with Crippen LogP contribution in [0.3, 0.4) is 0 Å². The van der Waals surface area contributed by atoms with Gasteiger partial charge in [0.25, 0.3) is 0 Å². The van der Waals surface area contributed by atoms with Gasteiger partial charge in [-0.2, -0.15) is 0 Å². The summed E-state index contributed by atoms with van der Waals surface area (Å²) in [5, 5.41) is 5.59. The van der Waals surface area contributed by atoms with E-state index in [4.69, 9.17) is 4.74 Å². The monoisotopic (exact) mass is 538 g/mol. The maximum absolute atomic E-state index is 14.9. The van der Waals surface area contributed by atoms with Crippen molar-refractivity contribution in [3.63, 3.8) is 0 Å². The first-order valence-corrected chi connectivity index (χ1v) is 13.9. The van der Waals surface area contributed by atoms with Crippen molar-refractivity contribution >= 4 is 29.6 Å². The lowest BCUT2D eigenvalue weighted by molar-refractivity contribution is -0.151. The van der Waals surface area contributed by atoms with Gasteiger partial charge in [-0.15, -0.1) is 0 Å². The first-order valence-electron chi connectivity index (χ1n) is 13.9. The number of amides is 3. The van der Waals surface area contributed by atoms with E-state index in [1.165, 1.54) is 18.9 Å². The molecule has 1 aromatic rings. The maximum Gasteiger partial charge on any atom is 0.244 e. The summed E-state index contributed by atoms with van der Waals surface area (Å²) in [7, 11) is 1.84. The Balaban J connectivity index is 1.19. The predicted molar refractivity (Wildman–Crippen MR) is 142 cm³/mol. The molecule has 1 aromatic carbocycles. The topological polar surface area (TPSA) is 107 Å². The van der Waals surface area contributed by atoms with Crippen LogP contribution in [0.25, 0.3) is 0 Å². The van der Waals surface area contributed by atoms with E-state index in [2.05, 4.69) is 20.5 Å². The number of nitrogens with zero attached hydrogens (tertiary/aromatic N) is 4. The molecule has 3 fully saturated rings. The Hall–Kier alpha value is -3.47. The zero-order valence-corrected chi connectivity index (χ0v) is 22.2. The molecule has 1 spiro atoms. The molecule has 2 saturated heterocycles. The van der Waals surface area contributed by atoms with E-state index in [0.717, 1.165) is 50.9 Å². The summed E-state index contributed by atoms with van der Waals surface area (Å²) in [5.74, 6) is -0.817. The molecular weight excluding hydrogens is 503 g/mol. The predicted octanol–water partition coefficient (Wildman–Crippen LogP) is 2.43. The fraction of sp³-hybridized carbons (Fsp3) is 0.571. The van der Waals surface area contributed by atoms with E-state index in [1.54, 1.807) is 23.2 Å². The third-order valence-electron chi connectivity index (χ3n) is 8.64. The summed E-state index contributed by atoms with van der Waals surface area (Å²) in [5.41, 5.74) is -0.136. The van der Waals surface area contributed by atoms with Crippen molar-refractivity contribution in [1.29, 1.82) is 0 Å². The number of ether oxygens (including phenoxy) is 1. The summed E-state index contributed by atoms with van der Waals surface area (Å²) in [4.78, 5) is 49.5. The summed E-state index contributed by atoms with van der Waals surface area (Å²) in [6.07, 6.45) is 7.16. The molecule has 6 rings (SSSR count). The summed E-state index contributed by atoms with van der Waals surface area (Å²) in [6, 6.07) is 4.72. The van der Waals surface area contributed by atoms with Crippen molar-refractivity contribution < 1.29 is 23.5 Å². The van der Waals surface area contributed by atoms with Gasteiger partial charge < -0.3 is 15.0 Å². The van der Waals surface area contributed by atoms with E-state index in [1.807, 2.05) is 11.9 Å². The molecule has 11 heteroatoms. The first-order chi connectivity index (χ1) is 18.9. The van der Waals surface area contributed by atoms with Gasteiger partial charge in [-0.1, -0.05) is 12.8 Å². The van der Waals surface area contributed by atoms with Crippen LogP contribution in [0.2, 0.25) is 0 Å². The van der Waals surface area contributed by atoms with Gasteiger partial charge in [0.2, 0.25) is 17.7 Å². The van der Waals surface area contributed by atoms with Crippen LogP contribution in [0.1, 0.15) is 51.4 Å². The van der Waals surface area contributed by atoms with Crippen LogP contribution in [0.15, 0.2) is 34.6 Å². The Bertz CT molecular complexity index is 1240. The minimum Gasteiger partial charge on any atom is -0.489 e. The standard InChI is InChI=1S/C28H35FN6O4/c1-33-24-18(15-28(16-23(36)32-25(28)37)26(38)35(24)20-6-2-3-7-20)17-30-27(33)31-19-8-9-22(21(29)14-19)39-13-12-34-10-4-5-11-34/h8-9,14,17,20,27,31H,2-7,10-13,15-16H2,1H3,(H,32,36,37). The fourth-order valence-electron chi connectivity index (χ4n) is 6.58. The molecule has 4 aliphatic heterocycles. The third kappa shape index (κ3) is 4.66. The highest BCUT2D eigenvalue weighted by Crippen LogP contribution is 2.46. The number of carbonyl (C=O) groups excluding carboxylic acids is 3. The Labute approximate surface area is 227 Å². The number of anilines is 1. The van der Waals surface area contributed by atoms with E-state index in [9.17, 15) is 18.8 Å². The van der Waals surface area contributed by atoms with Crippen LogP contribution in [-0.2, 0) is 14.4 Å². The summed E-state index contributed by atoms with van der Waals surface area (Å²) >= 11 is 0. The number of hydrogen-bond acceptors (Lipinski definition) is 8. The van der Waals surface area contributed by atoms with Gasteiger partial charge in [0.15, 0.2) is 17.9 Å². The minimum atomic E-state index is -1.42. The second kappa shape index (κ2) is 10.3. The number of halogens is 1. The van der Waals surface area contributed by atoms with Gasteiger partial charge in [0.05, 0.1) is 6.42 Å². The lowest BCUT2D eigenvalue weighted by atomic mass is 9.75. The zero-order valence-electron chi connectivity index (χ0n) is 22.2. The van der Waals surface area contributed by atoms with Crippen molar-refractivity contribution in [2.75, 3.05) is 38.6 Å². The molecule has 5 aliphatic rings. The number of rotatable bonds is 7. The lowest BCUT2D eigenvalue weighted by Gasteiger charge is -2.47. The number of allylic oxidation sites excluding steroid dienone is 1. The van der Waals surface area contributed by atoms with E-state index < -0.39 is 29.3 Å². The third-order valence-corrected chi connectivity index (χ3v) is 8.64. The average Bonchev–Trinajstić information content (AvgIpc) is 3.67. The Morgan fingerprint density at radius 1 is 1.13 bits per heavy atom. The largest absolute Gasteiger partial charge is 0.489 e. The lowest BCUT2D eigenvalue weighted by Crippen LogP contribution is -2.59. The molecule has 2 unspecified atom stereocenters. The van der Waals surface area contributed by atoms with Crippen LogP contribution < -0.4 is 15.4 Å². The van der Waals surface area contributed by atoms with Crippen LogP contribution in [0.4, 0.5) is 10.1 Å². The summed E-state index contributed by atoms with van der Waals surface area (Å²) in [6.45, 7) is 3.36. The maximum atomic E-state index is 14.9. The van der Waals surface area contributed by atoms with Crippen molar-refractivity contribution in [3.8, 4) is 5.75 Å². The minimum absolute atomic E-state index is 0.0489. The molecule has 208 valence electrons. The van der Waals surface area contributed by atoms with Crippen molar-refractivity contribution in [3.05, 3.63) is 35.4 Å². The van der Waals surface area contributed by atoms with E-state index in [0.29, 0.717) is 18.1 Å². The molecule has 10 nitrogen and oxygen atoms in total. The Kier molecular flexibility index (Phi) is 6.78. The number of nitrogens with one attached hydrogen (secondary N) is 2. The molecule has 2 atom stereocenters. The fourth-order valence-corrected chi connectivity index (χ4v) is 6.58. The molecule has 39 heavy (non-hydrogen) atoms. The van der Waals surface area contributed by atoms with Gasteiger partial charge in [0.1, 0.15) is 17.8 Å². The van der Waals surface area contributed by atoms with Crippen molar-refractivity contribution in [2.24, 2.45) is 10.4 Å². The van der Waals surface area contributed by atoms with Gasteiger partial charge in [-0.05, 0) is 50.9 Å². The van der Waals surface area contributed by atoms with Crippen molar-refractivity contribution in [1.82, 2.24) is 20.0 Å². The smallest absolute Gasteiger partial charge is 0.244 e. The second-order valence-corrected chi connectivity index (χ2v) is 11.2. The highest BCUT2D eigenvalue weighted by Gasteiger charge is 2.59. The molecular formula is C28H35FN6O4. The molecule has 3 amide bonds. The number of imide groups is 1. The van der Waals surface area contributed by atoms with Crippen LogP contribution in [0, 0.1) is 11.2 Å². The SMILES string of the molecule is CN1C2=C(C=NC1Nc1ccc(OCCN3CCCC3)c(F)c1)CC1(CC(=O)NC1=O)C(=O)N2C1CCCC1. The normalized spacial score (nSPS) is 27.6. The van der Waals surface area contributed by atoms with Crippen LogP contribution in [-0.4, -0.2) is 84.3 Å². The van der Waals surface area contributed by atoms with Gasteiger partial charge in [-0.3, -0.25) is 29.5 Å².